The number of nitrogens with zero attached hydrogens (tertiary/aromatic N) is 3. The molecule has 0 amide bonds. The number of aromatic nitrogens is 2. The lowest BCUT2D eigenvalue weighted by atomic mass is 10.0. The molecule has 0 fully saturated rings. The lowest BCUT2D eigenvalue weighted by molar-refractivity contribution is 1.16. The molecule has 0 bridgehead atoms. The number of nitriles is 1. The molecule has 1 aromatic heterocycles. The molecule has 4 nitrogen and oxygen atoms in total. The Balaban J connectivity index is 1.95. The molecule has 6 heteroatoms. The van der Waals surface area contributed by atoms with Gasteiger partial charge in [-0.1, -0.05) is 71.7 Å². The number of hydrogen-bond donors (Lipinski definition) is 1. The Labute approximate surface area is 178 Å². The summed E-state index contributed by atoms with van der Waals surface area (Å²) in [7, 11) is 0. The van der Waals surface area contributed by atoms with E-state index in [1.165, 1.54) is 0 Å². The van der Waals surface area contributed by atoms with Gasteiger partial charge >= 0.3 is 0 Å². The monoisotopic (exact) mass is 416 g/mol. The number of para-hydroxylation sites is 1. The average Bonchev–Trinajstić information content (AvgIpc) is 2.74. The van der Waals surface area contributed by atoms with E-state index in [9.17, 15) is 5.26 Å². The first-order chi connectivity index (χ1) is 14.1. The third-order valence-electron chi connectivity index (χ3n) is 4.23. The molecular formula is C23H14Cl2N4. The van der Waals surface area contributed by atoms with Gasteiger partial charge in [0.05, 0.1) is 11.4 Å². The van der Waals surface area contributed by atoms with Crippen molar-refractivity contribution in [1.82, 2.24) is 9.97 Å². The molecule has 0 aliphatic rings. The van der Waals surface area contributed by atoms with Crippen LogP contribution in [0.15, 0.2) is 78.9 Å². The molecule has 4 aromatic rings. The van der Waals surface area contributed by atoms with Gasteiger partial charge in [0.25, 0.3) is 0 Å². The van der Waals surface area contributed by atoms with Crippen LogP contribution in [0, 0.1) is 11.3 Å². The molecule has 0 spiro atoms. The zero-order valence-corrected chi connectivity index (χ0v) is 16.6. The van der Waals surface area contributed by atoms with E-state index in [0.29, 0.717) is 38.5 Å². The molecule has 0 radical (unpaired) electrons. The molecule has 3 aromatic carbocycles. The maximum atomic E-state index is 9.92. The lowest BCUT2D eigenvalue weighted by Crippen LogP contribution is -2.04. The van der Waals surface area contributed by atoms with Crippen molar-refractivity contribution in [3.8, 4) is 28.6 Å². The quantitative estimate of drug-likeness (QED) is 0.400. The fraction of sp³-hybridized carbons (Fsp3) is 0. The molecule has 1 heterocycles. The standard InChI is InChI=1S/C23H14Cl2N4/c24-17-11-16(12-18(25)13-17)22-20(14-26)21(15-7-3-1-4-8-15)28-23(29-22)27-19-9-5-2-6-10-19/h1-13H,(H,27,28,29). The number of hydrogen-bond acceptors (Lipinski definition) is 4. The normalized spacial score (nSPS) is 10.4. The molecule has 0 atom stereocenters. The first-order valence-electron chi connectivity index (χ1n) is 8.80. The fourth-order valence-electron chi connectivity index (χ4n) is 2.98. The number of rotatable bonds is 4. The van der Waals surface area contributed by atoms with Gasteiger partial charge in [0.15, 0.2) is 0 Å². The largest absolute Gasteiger partial charge is 0.324 e. The van der Waals surface area contributed by atoms with Crippen LogP contribution < -0.4 is 5.32 Å². The Morgan fingerprint density at radius 1 is 0.724 bits per heavy atom. The fourth-order valence-corrected chi connectivity index (χ4v) is 3.50. The second kappa shape index (κ2) is 8.32. The zero-order chi connectivity index (χ0) is 20.2. The summed E-state index contributed by atoms with van der Waals surface area (Å²) in [5.74, 6) is 0.375. The summed E-state index contributed by atoms with van der Waals surface area (Å²) >= 11 is 12.4. The van der Waals surface area contributed by atoms with Gasteiger partial charge in [0.2, 0.25) is 5.95 Å². The highest BCUT2D eigenvalue weighted by Gasteiger charge is 2.18. The number of nitrogens with one attached hydrogen (secondary N) is 1. The van der Waals surface area contributed by atoms with Crippen LogP contribution >= 0.6 is 23.2 Å². The molecule has 0 saturated heterocycles. The summed E-state index contributed by atoms with van der Waals surface area (Å²) < 4.78 is 0. The van der Waals surface area contributed by atoms with Crippen LogP contribution in [0.2, 0.25) is 10.0 Å². The maximum Gasteiger partial charge on any atom is 0.228 e. The molecule has 1 N–H and O–H groups in total. The smallest absolute Gasteiger partial charge is 0.228 e. The molecule has 0 saturated carbocycles. The predicted octanol–water partition coefficient (Wildman–Crippen LogP) is 6.73. The zero-order valence-electron chi connectivity index (χ0n) is 15.1. The summed E-state index contributed by atoms with van der Waals surface area (Å²) in [5.41, 5.74) is 3.66. The Bertz CT molecular complexity index is 1180. The third-order valence-corrected chi connectivity index (χ3v) is 4.67. The van der Waals surface area contributed by atoms with Crippen LogP contribution in [-0.2, 0) is 0 Å². The Kier molecular flexibility index (Phi) is 5.44. The first kappa shape index (κ1) is 18.9. The van der Waals surface area contributed by atoms with Crippen LogP contribution in [0.5, 0.6) is 0 Å². The van der Waals surface area contributed by atoms with Gasteiger partial charge in [-0.05, 0) is 30.3 Å². The van der Waals surface area contributed by atoms with Crippen molar-refractivity contribution >= 4 is 34.8 Å². The molecule has 140 valence electrons. The van der Waals surface area contributed by atoms with Gasteiger partial charge in [0, 0.05) is 26.9 Å². The summed E-state index contributed by atoms with van der Waals surface area (Å²) in [5, 5.41) is 14.1. The van der Waals surface area contributed by atoms with E-state index in [2.05, 4.69) is 21.4 Å². The van der Waals surface area contributed by atoms with Crippen molar-refractivity contribution < 1.29 is 0 Å². The number of halogens is 2. The molecule has 0 unspecified atom stereocenters. The van der Waals surface area contributed by atoms with Crippen LogP contribution in [0.4, 0.5) is 11.6 Å². The van der Waals surface area contributed by atoms with Crippen LogP contribution in [0.1, 0.15) is 5.56 Å². The average molecular weight is 417 g/mol. The highest BCUT2D eigenvalue weighted by Crippen LogP contribution is 2.33. The number of benzene rings is 3. The van der Waals surface area contributed by atoms with Gasteiger partial charge in [-0.3, -0.25) is 0 Å². The van der Waals surface area contributed by atoms with Gasteiger partial charge in [-0.15, -0.1) is 0 Å². The summed E-state index contributed by atoms with van der Waals surface area (Å²) in [4.78, 5) is 9.24. The molecule has 0 aliphatic carbocycles. The van der Waals surface area contributed by atoms with Gasteiger partial charge in [0.1, 0.15) is 11.6 Å². The van der Waals surface area contributed by atoms with Crippen LogP contribution in [0.3, 0.4) is 0 Å². The minimum atomic E-state index is 0.355. The highest BCUT2D eigenvalue weighted by molar-refractivity contribution is 6.35. The SMILES string of the molecule is N#Cc1c(-c2ccccc2)nc(Nc2ccccc2)nc1-c1cc(Cl)cc(Cl)c1. The van der Waals surface area contributed by atoms with Gasteiger partial charge in [-0.2, -0.15) is 5.26 Å². The van der Waals surface area contributed by atoms with Crippen molar-refractivity contribution in [2.24, 2.45) is 0 Å². The maximum absolute atomic E-state index is 9.92. The van der Waals surface area contributed by atoms with E-state index in [-0.39, 0.29) is 0 Å². The van der Waals surface area contributed by atoms with Crippen molar-refractivity contribution in [1.29, 1.82) is 5.26 Å². The Morgan fingerprint density at radius 3 is 1.86 bits per heavy atom. The molecule has 29 heavy (non-hydrogen) atoms. The third kappa shape index (κ3) is 4.22. The summed E-state index contributed by atoms with van der Waals surface area (Å²) in [6, 6.07) is 26.5. The van der Waals surface area contributed by atoms with Crippen LogP contribution in [0.25, 0.3) is 22.5 Å². The van der Waals surface area contributed by atoms with Crippen molar-refractivity contribution in [3.05, 3.63) is 94.5 Å². The molecular weight excluding hydrogens is 403 g/mol. The van der Waals surface area contributed by atoms with E-state index in [4.69, 9.17) is 23.2 Å². The summed E-state index contributed by atoms with van der Waals surface area (Å²) in [6.45, 7) is 0. The van der Waals surface area contributed by atoms with Gasteiger partial charge in [-0.25, -0.2) is 9.97 Å². The Hall–Kier alpha value is -3.39. The minimum absolute atomic E-state index is 0.355. The van der Waals surface area contributed by atoms with Crippen molar-refractivity contribution in [3.63, 3.8) is 0 Å². The van der Waals surface area contributed by atoms with E-state index in [0.717, 1.165) is 11.3 Å². The highest BCUT2D eigenvalue weighted by atomic mass is 35.5. The second-order valence-corrected chi connectivity index (χ2v) is 7.12. The van der Waals surface area contributed by atoms with E-state index in [1.807, 2.05) is 60.7 Å². The lowest BCUT2D eigenvalue weighted by Gasteiger charge is -2.13. The van der Waals surface area contributed by atoms with Gasteiger partial charge < -0.3 is 5.32 Å². The topological polar surface area (TPSA) is 61.6 Å². The molecule has 0 aliphatic heterocycles. The summed E-state index contributed by atoms with van der Waals surface area (Å²) in [6.07, 6.45) is 0. The van der Waals surface area contributed by atoms with E-state index in [1.54, 1.807) is 18.2 Å². The number of anilines is 2. The van der Waals surface area contributed by atoms with Crippen molar-refractivity contribution in [2.45, 2.75) is 0 Å². The minimum Gasteiger partial charge on any atom is -0.324 e. The molecule has 4 rings (SSSR count). The predicted molar refractivity (Wildman–Crippen MR) is 117 cm³/mol. The van der Waals surface area contributed by atoms with Crippen molar-refractivity contribution in [2.75, 3.05) is 5.32 Å². The Morgan fingerprint density at radius 2 is 1.28 bits per heavy atom. The second-order valence-electron chi connectivity index (χ2n) is 6.25. The first-order valence-corrected chi connectivity index (χ1v) is 9.56. The van der Waals surface area contributed by atoms with E-state index < -0.39 is 0 Å². The van der Waals surface area contributed by atoms with E-state index >= 15 is 0 Å². The van der Waals surface area contributed by atoms with Crippen LogP contribution in [-0.4, -0.2) is 9.97 Å².